The van der Waals surface area contributed by atoms with Crippen LogP contribution in [0.1, 0.15) is 24.8 Å². The zero-order chi connectivity index (χ0) is 12.1. The molecule has 0 saturated heterocycles. The highest BCUT2D eigenvalue weighted by Crippen LogP contribution is 2.28. The van der Waals surface area contributed by atoms with Gasteiger partial charge in [0.25, 0.3) is 0 Å². The molecular weight excluding hydrogens is 212 g/mol. The molecule has 0 N–H and O–H groups in total. The number of benzene rings is 1. The first-order valence-electron chi connectivity index (χ1n) is 6.15. The summed E-state index contributed by atoms with van der Waals surface area (Å²) in [6, 6.07) is 8.54. The van der Waals surface area contributed by atoms with Gasteiger partial charge in [0.15, 0.2) is 0 Å². The Morgan fingerprint density at radius 2 is 2.35 bits per heavy atom. The molecular formula is C14H18N2O. The molecule has 0 amide bonds. The number of fused-ring (bicyclic) bond motifs is 1. The van der Waals surface area contributed by atoms with E-state index in [9.17, 15) is 0 Å². The maximum atomic E-state index is 8.52. The molecule has 1 aliphatic rings. The van der Waals surface area contributed by atoms with Crippen LogP contribution in [0, 0.1) is 11.3 Å². The van der Waals surface area contributed by atoms with Crippen LogP contribution in [0.2, 0.25) is 0 Å². The van der Waals surface area contributed by atoms with E-state index in [1.54, 1.807) is 0 Å². The summed E-state index contributed by atoms with van der Waals surface area (Å²) >= 11 is 0. The number of unbranched alkanes of at least 4 members (excludes halogenated alkanes) is 1. The quantitative estimate of drug-likeness (QED) is 0.746. The largest absolute Gasteiger partial charge is 0.493 e. The second kappa shape index (κ2) is 5.58. The predicted octanol–water partition coefficient (Wildman–Crippen LogP) is 2.75. The standard InChI is InChI=1S/C14H18N2O/c1-16(9-3-2-8-15)13-6-7-14-12(11-13)5-4-10-17-14/h6-7,11H,2-5,9-10H2,1H3. The number of nitrogens with zero attached hydrogens (tertiary/aromatic N) is 2. The van der Waals surface area contributed by atoms with Gasteiger partial charge in [-0.15, -0.1) is 0 Å². The smallest absolute Gasteiger partial charge is 0.122 e. The van der Waals surface area contributed by atoms with Gasteiger partial charge in [0.1, 0.15) is 5.75 Å². The van der Waals surface area contributed by atoms with Crippen LogP contribution in [-0.4, -0.2) is 20.2 Å². The summed E-state index contributed by atoms with van der Waals surface area (Å²) in [6.07, 6.45) is 3.75. The Hall–Kier alpha value is -1.69. The van der Waals surface area contributed by atoms with Crippen molar-refractivity contribution in [2.24, 2.45) is 0 Å². The van der Waals surface area contributed by atoms with Gasteiger partial charge in [0.2, 0.25) is 0 Å². The molecule has 1 aliphatic heterocycles. The molecule has 3 heteroatoms. The SMILES string of the molecule is CN(CCCC#N)c1ccc2c(c1)CCCO2. The van der Waals surface area contributed by atoms with Crippen molar-refractivity contribution in [1.82, 2.24) is 0 Å². The molecule has 0 unspecified atom stereocenters. The molecule has 3 nitrogen and oxygen atoms in total. The number of nitriles is 1. The van der Waals surface area contributed by atoms with E-state index in [1.807, 2.05) is 0 Å². The van der Waals surface area contributed by atoms with E-state index in [-0.39, 0.29) is 0 Å². The van der Waals surface area contributed by atoms with Crippen molar-refractivity contribution >= 4 is 5.69 Å². The normalized spacial score (nSPS) is 13.4. The Balaban J connectivity index is 2.03. The summed E-state index contributed by atoms with van der Waals surface area (Å²) < 4.78 is 5.60. The summed E-state index contributed by atoms with van der Waals surface area (Å²) in [5.41, 5.74) is 2.52. The van der Waals surface area contributed by atoms with Crippen molar-refractivity contribution < 1.29 is 4.74 Å². The lowest BCUT2D eigenvalue weighted by Gasteiger charge is -2.23. The van der Waals surface area contributed by atoms with E-state index in [1.165, 1.54) is 11.3 Å². The van der Waals surface area contributed by atoms with Gasteiger partial charge in [-0.2, -0.15) is 5.26 Å². The van der Waals surface area contributed by atoms with Crippen LogP contribution in [-0.2, 0) is 6.42 Å². The molecule has 0 aliphatic carbocycles. The van der Waals surface area contributed by atoms with Crippen molar-refractivity contribution in [3.05, 3.63) is 23.8 Å². The second-order valence-corrected chi connectivity index (χ2v) is 4.43. The van der Waals surface area contributed by atoms with Gasteiger partial charge in [-0.05, 0) is 43.0 Å². The van der Waals surface area contributed by atoms with Crippen LogP contribution in [0.5, 0.6) is 5.75 Å². The average molecular weight is 230 g/mol. The Morgan fingerprint density at radius 1 is 1.47 bits per heavy atom. The summed E-state index contributed by atoms with van der Waals surface area (Å²) in [5.74, 6) is 1.03. The predicted molar refractivity (Wildman–Crippen MR) is 68.4 cm³/mol. The van der Waals surface area contributed by atoms with E-state index in [2.05, 4.69) is 36.2 Å². The zero-order valence-electron chi connectivity index (χ0n) is 10.3. The van der Waals surface area contributed by atoms with Crippen LogP contribution in [0.4, 0.5) is 5.69 Å². The molecule has 0 aromatic heterocycles. The van der Waals surface area contributed by atoms with Gasteiger partial charge < -0.3 is 9.64 Å². The Bertz CT molecular complexity index is 423. The van der Waals surface area contributed by atoms with Crippen molar-refractivity contribution in [2.75, 3.05) is 25.1 Å². The first-order valence-corrected chi connectivity index (χ1v) is 6.15. The number of ether oxygens (including phenoxy) is 1. The van der Waals surface area contributed by atoms with Crippen molar-refractivity contribution in [2.45, 2.75) is 25.7 Å². The topological polar surface area (TPSA) is 36.3 Å². The Labute approximate surface area is 103 Å². The maximum absolute atomic E-state index is 8.52. The lowest BCUT2D eigenvalue weighted by Crippen LogP contribution is -2.19. The van der Waals surface area contributed by atoms with Crippen molar-refractivity contribution in [1.29, 1.82) is 5.26 Å². The monoisotopic (exact) mass is 230 g/mol. The molecule has 2 rings (SSSR count). The number of aryl methyl sites for hydroxylation is 1. The number of rotatable bonds is 4. The van der Waals surface area contributed by atoms with E-state index >= 15 is 0 Å². The molecule has 0 radical (unpaired) electrons. The lowest BCUT2D eigenvalue weighted by molar-refractivity contribution is 0.288. The fraction of sp³-hybridized carbons (Fsp3) is 0.500. The van der Waals surface area contributed by atoms with Gasteiger partial charge in [-0.25, -0.2) is 0 Å². The van der Waals surface area contributed by atoms with E-state index < -0.39 is 0 Å². The number of hydrogen-bond donors (Lipinski definition) is 0. The molecule has 0 spiro atoms. The molecule has 0 fully saturated rings. The summed E-state index contributed by atoms with van der Waals surface area (Å²) in [4.78, 5) is 2.20. The number of anilines is 1. The summed E-state index contributed by atoms with van der Waals surface area (Å²) in [5, 5.41) is 8.52. The van der Waals surface area contributed by atoms with Crippen LogP contribution < -0.4 is 9.64 Å². The highest BCUT2D eigenvalue weighted by molar-refractivity contribution is 5.53. The minimum atomic E-state index is 0.623. The van der Waals surface area contributed by atoms with Gasteiger partial charge in [-0.1, -0.05) is 0 Å². The average Bonchev–Trinajstić information content (AvgIpc) is 2.38. The van der Waals surface area contributed by atoms with Crippen molar-refractivity contribution in [3.8, 4) is 11.8 Å². The third-order valence-electron chi connectivity index (χ3n) is 3.11. The molecule has 0 bridgehead atoms. The van der Waals surface area contributed by atoms with E-state index in [0.717, 1.165) is 38.2 Å². The molecule has 1 aromatic carbocycles. The second-order valence-electron chi connectivity index (χ2n) is 4.43. The lowest BCUT2D eigenvalue weighted by atomic mass is 10.1. The minimum absolute atomic E-state index is 0.623. The zero-order valence-corrected chi connectivity index (χ0v) is 10.3. The van der Waals surface area contributed by atoms with Gasteiger partial charge in [0, 0.05) is 25.7 Å². The maximum Gasteiger partial charge on any atom is 0.122 e. The Kier molecular flexibility index (Phi) is 3.87. The van der Waals surface area contributed by atoms with Gasteiger partial charge in [-0.3, -0.25) is 0 Å². The van der Waals surface area contributed by atoms with Crippen LogP contribution >= 0.6 is 0 Å². The highest BCUT2D eigenvalue weighted by atomic mass is 16.5. The fourth-order valence-corrected chi connectivity index (χ4v) is 2.11. The molecule has 1 heterocycles. The number of hydrogen-bond acceptors (Lipinski definition) is 3. The van der Waals surface area contributed by atoms with Crippen LogP contribution in [0.25, 0.3) is 0 Å². The van der Waals surface area contributed by atoms with E-state index in [0.29, 0.717) is 6.42 Å². The molecule has 0 atom stereocenters. The molecule has 1 aromatic rings. The fourth-order valence-electron chi connectivity index (χ4n) is 2.11. The first kappa shape index (κ1) is 11.8. The van der Waals surface area contributed by atoms with Crippen molar-refractivity contribution in [3.63, 3.8) is 0 Å². The van der Waals surface area contributed by atoms with Crippen LogP contribution in [0.3, 0.4) is 0 Å². The van der Waals surface area contributed by atoms with Crippen LogP contribution in [0.15, 0.2) is 18.2 Å². The minimum Gasteiger partial charge on any atom is -0.493 e. The Morgan fingerprint density at radius 3 is 3.18 bits per heavy atom. The third-order valence-corrected chi connectivity index (χ3v) is 3.11. The molecule has 0 saturated carbocycles. The molecule has 17 heavy (non-hydrogen) atoms. The van der Waals surface area contributed by atoms with Gasteiger partial charge >= 0.3 is 0 Å². The molecule has 90 valence electrons. The van der Waals surface area contributed by atoms with E-state index in [4.69, 9.17) is 10.00 Å². The third kappa shape index (κ3) is 2.91. The first-order chi connectivity index (χ1) is 8.31. The summed E-state index contributed by atoms with van der Waals surface area (Å²) in [7, 11) is 2.07. The summed E-state index contributed by atoms with van der Waals surface area (Å²) in [6.45, 7) is 1.76. The highest BCUT2D eigenvalue weighted by Gasteiger charge is 2.11. The van der Waals surface area contributed by atoms with Gasteiger partial charge in [0.05, 0.1) is 12.7 Å².